The quantitative estimate of drug-likeness (QED) is 0.596. The van der Waals surface area contributed by atoms with Crippen molar-refractivity contribution in [3.63, 3.8) is 0 Å². The number of carbonyl (C=O) groups is 1. The van der Waals surface area contributed by atoms with Gasteiger partial charge in [0, 0.05) is 18.5 Å². The molecule has 0 aliphatic carbocycles. The van der Waals surface area contributed by atoms with E-state index in [9.17, 15) is 13.2 Å². The summed E-state index contributed by atoms with van der Waals surface area (Å²) in [6, 6.07) is 16.3. The summed E-state index contributed by atoms with van der Waals surface area (Å²) in [6.07, 6.45) is 0.368. The van der Waals surface area contributed by atoms with Crippen molar-refractivity contribution in [2.45, 2.75) is 23.9 Å². The van der Waals surface area contributed by atoms with E-state index in [2.05, 4.69) is 10.8 Å². The van der Waals surface area contributed by atoms with Crippen LogP contribution in [0.15, 0.2) is 59.5 Å². The molecule has 7 nitrogen and oxygen atoms in total. The van der Waals surface area contributed by atoms with Gasteiger partial charge in [0.1, 0.15) is 11.8 Å². The third-order valence-electron chi connectivity index (χ3n) is 5.44. The van der Waals surface area contributed by atoms with E-state index in [0.29, 0.717) is 46.6 Å². The van der Waals surface area contributed by atoms with Crippen LogP contribution >= 0.6 is 11.6 Å². The van der Waals surface area contributed by atoms with Crippen molar-refractivity contribution in [2.24, 2.45) is 0 Å². The molecule has 164 valence electrons. The molecule has 0 unspecified atom stereocenters. The highest BCUT2D eigenvalue weighted by molar-refractivity contribution is 7.89. The number of nitrogens with one attached hydrogen (secondary N) is 1. The second kappa shape index (κ2) is 8.79. The largest absolute Gasteiger partial charge is 0.495 e. The van der Waals surface area contributed by atoms with Crippen LogP contribution in [0.3, 0.4) is 0 Å². The number of sulfonamides is 1. The number of nitriles is 1. The molecule has 1 saturated heterocycles. The molecule has 1 amide bonds. The second-order valence-corrected chi connectivity index (χ2v) is 9.59. The van der Waals surface area contributed by atoms with Crippen molar-refractivity contribution in [1.29, 1.82) is 5.26 Å². The third-order valence-corrected chi connectivity index (χ3v) is 7.30. The normalized spacial score (nSPS) is 16.3. The molecule has 4 rings (SSSR count). The first-order valence-electron chi connectivity index (χ1n) is 9.89. The van der Waals surface area contributed by atoms with Gasteiger partial charge in [-0.2, -0.15) is 9.98 Å². The molecule has 3 aromatic rings. The Balaban J connectivity index is 1.51. The maximum atomic E-state index is 13.0. The summed E-state index contributed by atoms with van der Waals surface area (Å²) in [6.45, 7) is 0.749. The van der Waals surface area contributed by atoms with Crippen molar-refractivity contribution in [2.75, 3.05) is 13.7 Å². The van der Waals surface area contributed by atoms with Gasteiger partial charge in [0.15, 0.2) is 0 Å². The molecule has 0 aromatic heterocycles. The van der Waals surface area contributed by atoms with E-state index in [-0.39, 0.29) is 10.8 Å². The zero-order valence-corrected chi connectivity index (χ0v) is 18.8. The second-order valence-electron chi connectivity index (χ2n) is 7.50. The maximum Gasteiger partial charge on any atom is 0.241 e. The smallest absolute Gasteiger partial charge is 0.241 e. The number of likely N-dealkylation sites (tertiary alicyclic amines) is 1. The molecule has 1 fully saturated rings. The van der Waals surface area contributed by atoms with Gasteiger partial charge in [-0.05, 0) is 47.7 Å². The molecule has 1 heterocycles. The maximum absolute atomic E-state index is 13.0. The average molecular weight is 470 g/mol. The van der Waals surface area contributed by atoms with E-state index in [0.717, 1.165) is 5.56 Å². The molecule has 1 aliphatic heterocycles. The Morgan fingerprint density at radius 2 is 2.03 bits per heavy atom. The molecule has 1 N–H and O–H groups in total. The predicted octanol–water partition coefficient (Wildman–Crippen LogP) is 3.45. The van der Waals surface area contributed by atoms with Gasteiger partial charge < -0.3 is 9.64 Å². The molecule has 32 heavy (non-hydrogen) atoms. The fourth-order valence-electron chi connectivity index (χ4n) is 3.79. The van der Waals surface area contributed by atoms with Crippen LogP contribution in [-0.2, 0) is 21.4 Å². The fourth-order valence-corrected chi connectivity index (χ4v) is 5.37. The molecule has 1 atom stereocenters. The van der Waals surface area contributed by atoms with E-state index >= 15 is 0 Å². The number of methoxy groups -OCH3 is 1. The molecule has 0 radical (unpaired) electrons. The minimum atomic E-state index is -3.92. The Morgan fingerprint density at radius 1 is 1.22 bits per heavy atom. The number of nitrogens with zero attached hydrogens (tertiary/aromatic N) is 2. The summed E-state index contributed by atoms with van der Waals surface area (Å²) >= 11 is 6.31. The Kier molecular flexibility index (Phi) is 6.07. The highest BCUT2D eigenvalue weighted by Crippen LogP contribution is 2.33. The molecule has 9 heteroatoms. The van der Waals surface area contributed by atoms with Gasteiger partial charge in [-0.3, -0.25) is 4.79 Å². The van der Waals surface area contributed by atoms with Crippen LogP contribution < -0.4 is 9.46 Å². The number of amides is 1. The number of carbonyl (C=O) groups excluding carboxylic acids is 1. The van der Waals surface area contributed by atoms with Crippen LogP contribution in [0.2, 0.25) is 5.02 Å². The van der Waals surface area contributed by atoms with Gasteiger partial charge in [-0.25, -0.2) is 8.42 Å². The third kappa shape index (κ3) is 4.28. The lowest BCUT2D eigenvalue weighted by Gasteiger charge is -2.17. The molecular formula is C23H20ClN3O4S. The SMILES string of the molecule is COc1ccc2cc(S(=O)(=O)N[C@H]3CCN(Cc4cccc(C#N)c4)C3=O)ccc2c1Cl. The van der Waals surface area contributed by atoms with Gasteiger partial charge in [-0.15, -0.1) is 0 Å². The van der Waals surface area contributed by atoms with Gasteiger partial charge in [0.25, 0.3) is 0 Å². The van der Waals surface area contributed by atoms with Crippen LogP contribution in [0.5, 0.6) is 5.75 Å². The van der Waals surface area contributed by atoms with Crippen molar-refractivity contribution in [3.8, 4) is 11.8 Å². The summed E-state index contributed by atoms with van der Waals surface area (Å²) in [7, 11) is -2.41. The molecule has 0 spiro atoms. The van der Waals surface area contributed by atoms with Crippen molar-refractivity contribution < 1.29 is 17.9 Å². The number of benzene rings is 3. The van der Waals surface area contributed by atoms with E-state index < -0.39 is 16.1 Å². The lowest BCUT2D eigenvalue weighted by atomic mass is 10.1. The van der Waals surface area contributed by atoms with Crippen molar-refractivity contribution in [3.05, 3.63) is 70.7 Å². The van der Waals surface area contributed by atoms with Gasteiger partial charge in [0.2, 0.25) is 15.9 Å². The summed E-state index contributed by atoms with van der Waals surface area (Å²) in [5.74, 6) is 0.217. The van der Waals surface area contributed by atoms with E-state index in [1.807, 2.05) is 6.07 Å². The number of rotatable bonds is 6. The summed E-state index contributed by atoms with van der Waals surface area (Å²) in [4.78, 5) is 14.5. The van der Waals surface area contributed by atoms with Gasteiger partial charge >= 0.3 is 0 Å². The molecule has 0 saturated carbocycles. The Bertz CT molecular complexity index is 1350. The van der Waals surface area contributed by atoms with E-state index in [1.54, 1.807) is 41.3 Å². The monoisotopic (exact) mass is 469 g/mol. The predicted molar refractivity (Wildman–Crippen MR) is 121 cm³/mol. The summed E-state index contributed by atoms with van der Waals surface area (Å²) in [5, 5.41) is 10.8. The van der Waals surface area contributed by atoms with Crippen LogP contribution in [-0.4, -0.2) is 38.9 Å². The lowest BCUT2D eigenvalue weighted by molar-refractivity contribution is -0.129. The standard InChI is InChI=1S/C23H20ClN3O4S/c1-31-21-8-5-17-12-18(6-7-19(17)22(21)24)32(29,30)26-20-9-10-27(23(20)28)14-16-4-2-3-15(11-16)13-25/h2-8,11-12,20,26H,9-10,14H2,1H3/t20-/m0/s1. The number of hydrogen-bond acceptors (Lipinski definition) is 5. The Morgan fingerprint density at radius 3 is 2.78 bits per heavy atom. The molecule has 1 aliphatic rings. The van der Waals surface area contributed by atoms with Crippen molar-refractivity contribution in [1.82, 2.24) is 9.62 Å². The Hall–Kier alpha value is -3.12. The number of hydrogen-bond donors (Lipinski definition) is 1. The summed E-state index contributed by atoms with van der Waals surface area (Å²) < 4.78 is 33.6. The molecular weight excluding hydrogens is 450 g/mol. The number of ether oxygens (including phenoxy) is 1. The number of fused-ring (bicyclic) bond motifs is 1. The van der Waals surface area contributed by atoms with Gasteiger partial charge in [-0.1, -0.05) is 35.9 Å². The highest BCUT2D eigenvalue weighted by atomic mass is 35.5. The van der Waals surface area contributed by atoms with E-state index in [1.165, 1.54) is 19.2 Å². The average Bonchev–Trinajstić information content (AvgIpc) is 3.12. The first-order valence-corrected chi connectivity index (χ1v) is 11.7. The summed E-state index contributed by atoms with van der Waals surface area (Å²) in [5.41, 5.74) is 1.34. The molecule has 3 aromatic carbocycles. The van der Waals surface area contributed by atoms with Crippen LogP contribution in [0, 0.1) is 11.3 Å². The lowest BCUT2D eigenvalue weighted by Crippen LogP contribution is -2.41. The van der Waals surface area contributed by atoms with Crippen LogP contribution in [0.25, 0.3) is 10.8 Å². The number of halogens is 1. The zero-order valence-electron chi connectivity index (χ0n) is 17.2. The van der Waals surface area contributed by atoms with Crippen molar-refractivity contribution >= 4 is 38.3 Å². The molecule has 0 bridgehead atoms. The minimum absolute atomic E-state index is 0.0548. The van der Waals surface area contributed by atoms with Gasteiger partial charge in [0.05, 0.1) is 28.7 Å². The van der Waals surface area contributed by atoms with E-state index in [4.69, 9.17) is 21.6 Å². The Labute approximate surface area is 191 Å². The fraction of sp³-hybridized carbons (Fsp3) is 0.217. The van der Waals surface area contributed by atoms with Crippen LogP contribution in [0.1, 0.15) is 17.5 Å². The topological polar surface area (TPSA) is 99.5 Å². The first kappa shape index (κ1) is 22.1. The van der Waals surface area contributed by atoms with Crippen LogP contribution in [0.4, 0.5) is 0 Å². The first-order chi connectivity index (χ1) is 15.3. The zero-order chi connectivity index (χ0) is 22.9. The minimum Gasteiger partial charge on any atom is -0.495 e. The highest BCUT2D eigenvalue weighted by Gasteiger charge is 2.35.